The van der Waals surface area contributed by atoms with Crippen molar-refractivity contribution in [2.24, 2.45) is 16.6 Å². The van der Waals surface area contributed by atoms with E-state index in [-0.39, 0.29) is 5.60 Å². The molecular formula is C10H18N2O. The summed E-state index contributed by atoms with van der Waals surface area (Å²) in [6.07, 6.45) is 6.15. The third-order valence-electron chi connectivity index (χ3n) is 3.33. The molecular weight excluding hydrogens is 164 g/mol. The molecule has 0 bridgehead atoms. The fraction of sp³-hybridized carbons (Fsp3) is 0.900. The van der Waals surface area contributed by atoms with Crippen LogP contribution in [0.25, 0.3) is 0 Å². The van der Waals surface area contributed by atoms with Gasteiger partial charge in [-0.3, -0.25) is 0 Å². The van der Waals surface area contributed by atoms with Crippen molar-refractivity contribution < 1.29 is 4.74 Å². The summed E-state index contributed by atoms with van der Waals surface area (Å²) in [5.74, 6) is 0.815. The van der Waals surface area contributed by atoms with Gasteiger partial charge in [0.15, 0.2) is 0 Å². The van der Waals surface area contributed by atoms with E-state index < -0.39 is 0 Å². The lowest BCUT2D eigenvalue weighted by atomic mass is 9.77. The van der Waals surface area contributed by atoms with E-state index in [0.717, 1.165) is 25.3 Å². The Kier molecular flexibility index (Phi) is 2.18. The van der Waals surface area contributed by atoms with Crippen molar-refractivity contribution in [3.05, 3.63) is 0 Å². The number of ether oxygens (including phenoxy) is 1. The second-order valence-electron chi connectivity index (χ2n) is 4.31. The Morgan fingerprint density at radius 3 is 3.15 bits per heavy atom. The molecule has 3 nitrogen and oxygen atoms in total. The summed E-state index contributed by atoms with van der Waals surface area (Å²) in [6.45, 7) is 3.04. The first-order chi connectivity index (χ1) is 6.24. The Morgan fingerprint density at radius 2 is 2.54 bits per heavy atom. The van der Waals surface area contributed by atoms with Gasteiger partial charge in [0, 0.05) is 0 Å². The van der Waals surface area contributed by atoms with Gasteiger partial charge in [-0.15, -0.1) is 0 Å². The van der Waals surface area contributed by atoms with Crippen molar-refractivity contribution in [2.45, 2.75) is 44.6 Å². The summed E-state index contributed by atoms with van der Waals surface area (Å²) >= 11 is 0. The third kappa shape index (κ3) is 1.64. The Labute approximate surface area is 79.4 Å². The van der Waals surface area contributed by atoms with E-state index in [0.29, 0.717) is 6.02 Å². The van der Waals surface area contributed by atoms with Gasteiger partial charge in [-0.05, 0) is 25.2 Å². The van der Waals surface area contributed by atoms with Crippen molar-refractivity contribution in [3.8, 4) is 0 Å². The number of hydrogen-bond donors (Lipinski definition) is 1. The van der Waals surface area contributed by atoms with Gasteiger partial charge in [0.05, 0.1) is 6.54 Å². The number of nitrogens with zero attached hydrogens (tertiary/aromatic N) is 1. The summed E-state index contributed by atoms with van der Waals surface area (Å²) in [7, 11) is 0. The molecule has 2 unspecified atom stereocenters. The lowest BCUT2D eigenvalue weighted by Gasteiger charge is -2.36. The summed E-state index contributed by atoms with van der Waals surface area (Å²) < 4.78 is 5.65. The van der Waals surface area contributed by atoms with E-state index in [1.54, 1.807) is 0 Å². The second kappa shape index (κ2) is 3.20. The molecule has 0 aromatic carbocycles. The van der Waals surface area contributed by atoms with E-state index >= 15 is 0 Å². The average molecular weight is 182 g/mol. The Balaban J connectivity index is 2.00. The van der Waals surface area contributed by atoms with Crippen molar-refractivity contribution in [1.82, 2.24) is 0 Å². The van der Waals surface area contributed by atoms with Crippen LogP contribution in [0.3, 0.4) is 0 Å². The van der Waals surface area contributed by atoms with Gasteiger partial charge in [0.25, 0.3) is 6.02 Å². The van der Waals surface area contributed by atoms with Gasteiger partial charge in [-0.25, -0.2) is 4.99 Å². The second-order valence-corrected chi connectivity index (χ2v) is 4.31. The molecule has 1 aliphatic carbocycles. The van der Waals surface area contributed by atoms with E-state index in [2.05, 4.69) is 11.9 Å². The first-order valence-electron chi connectivity index (χ1n) is 5.23. The standard InChI is InChI=1S/C10H18N2O/c1-2-8-4-3-5-10(6-8)7-12-9(11)13-10/h8H,2-7H2,1H3,(H2,11,12). The van der Waals surface area contributed by atoms with Crippen LogP contribution in [0.15, 0.2) is 4.99 Å². The first kappa shape index (κ1) is 8.85. The maximum Gasteiger partial charge on any atom is 0.282 e. The molecule has 1 fully saturated rings. The van der Waals surface area contributed by atoms with E-state index in [1.165, 1.54) is 19.3 Å². The monoisotopic (exact) mass is 182 g/mol. The number of hydrogen-bond acceptors (Lipinski definition) is 3. The number of nitrogens with two attached hydrogens (primary N) is 1. The molecule has 1 aliphatic heterocycles. The van der Waals surface area contributed by atoms with Gasteiger partial charge in [0.1, 0.15) is 5.60 Å². The maximum absolute atomic E-state index is 5.65. The minimum absolute atomic E-state index is 0.0109. The van der Waals surface area contributed by atoms with Gasteiger partial charge < -0.3 is 10.5 Å². The zero-order valence-corrected chi connectivity index (χ0v) is 8.25. The van der Waals surface area contributed by atoms with Crippen LogP contribution < -0.4 is 5.73 Å². The van der Waals surface area contributed by atoms with Gasteiger partial charge in [-0.1, -0.05) is 19.8 Å². The van der Waals surface area contributed by atoms with Crippen LogP contribution in [0.1, 0.15) is 39.0 Å². The van der Waals surface area contributed by atoms with Crippen LogP contribution in [-0.4, -0.2) is 18.2 Å². The lowest BCUT2D eigenvalue weighted by Crippen LogP contribution is -2.39. The molecule has 1 saturated carbocycles. The fourth-order valence-electron chi connectivity index (χ4n) is 2.54. The predicted molar refractivity (Wildman–Crippen MR) is 52.6 cm³/mol. The van der Waals surface area contributed by atoms with Crippen molar-refractivity contribution in [1.29, 1.82) is 0 Å². The highest BCUT2D eigenvalue weighted by Gasteiger charge is 2.41. The number of amidine groups is 1. The summed E-state index contributed by atoms with van der Waals surface area (Å²) in [5, 5.41) is 0. The van der Waals surface area contributed by atoms with Crippen LogP contribution in [-0.2, 0) is 4.74 Å². The molecule has 0 saturated heterocycles. The number of rotatable bonds is 1. The van der Waals surface area contributed by atoms with E-state index in [1.807, 2.05) is 0 Å². The molecule has 13 heavy (non-hydrogen) atoms. The lowest BCUT2D eigenvalue weighted by molar-refractivity contribution is 0.0213. The largest absolute Gasteiger partial charge is 0.457 e. The maximum atomic E-state index is 5.65. The molecule has 74 valence electrons. The molecule has 0 aromatic heterocycles. The van der Waals surface area contributed by atoms with Crippen LogP contribution in [0.4, 0.5) is 0 Å². The SMILES string of the molecule is CCC1CCCC2(CN=C(N)O2)C1. The average Bonchev–Trinajstić information content (AvgIpc) is 2.47. The Hall–Kier alpha value is -0.730. The molecule has 1 spiro atoms. The predicted octanol–water partition coefficient (Wildman–Crippen LogP) is 1.67. The molecule has 2 rings (SSSR count). The first-order valence-corrected chi connectivity index (χ1v) is 5.23. The van der Waals surface area contributed by atoms with Gasteiger partial charge in [0.2, 0.25) is 0 Å². The quantitative estimate of drug-likeness (QED) is 0.670. The zero-order chi connectivity index (χ0) is 9.31. The molecule has 2 atom stereocenters. The normalized spacial score (nSPS) is 38.8. The topological polar surface area (TPSA) is 47.6 Å². The van der Waals surface area contributed by atoms with Crippen LogP contribution in [0.5, 0.6) is 0 Å². The molecule has 2 aliphatic rings. The molecule has 0 radical (unpaired) electrons. The van der Waals surface area contributed by atoms with Crippen molar-refractivity contribution in [3.63, 3.8) is 0 Å². The highest BCUT2D eigenvalue weighted by atomic mass is 16.5. The molecule has 1 heterocycles. The molecule has 0 aromatic rings. The van der Waals surface area contributed by atoms with Crippen LogP contribution in [0.2, 0.25) is 0 Å². The molecule has 3 heteroatoms. The Morgan fingerprint density at radius 1 is 1.69 bits per heavy atom. The van der Waals surface area contributed by atoms with Gasteiger partial charge in [-0.2, -0.15) is 0 Å². The van der Waals surface area contributed by atoms with Gasteiger partial charge >= 0.3 is 0 Å². The molecule has 0 amide bonds. The van der Waals surface area contributed by atoms with Crippen molar-refractivity contribution in [2.75, 3.05) is 6.54 Å². The third-order valence-corrected chi connectivity index (χ3v) is 3.33. The zero-order valence-electron chi connectivity index (χ0n) is 8.25. The summed E-state index contributed by atoms with van der Waals surface area (Å²) in [5.41, 5.74) is 5.54. The summed E-state index contributed by atoms with van der Waals surface area (Å²) in [4.78, 5) is 4.15. The van der Waals surface area contributed by atoms with Crippen LogP contribution >= 0.6 is 0 Å². The minimum atomic E-state index is -0.0109. The smallest absolute Gasteiger partial charge is 0.282 e. The molecule has 2 N–H and O–H groups in total. The summed E-state index contributed by atoms with van der Waals surface area (Å²) in [6, 6.07) is 0.400. The minimum Gasteiger partial charge on any atom is -0.457 e. The Bertz CT molecular complexity index is 227. The van der Waals surface area contributed by atoms with Crippen LogP contribution in [0, 0.1) is 5.92 Å². The van der Waals surface area contributed by atoms with E-state index in [9.17, 15) is 0 Å². The number of aliphatic imine (C=N–C) groups is 1. The van der Waals surface area contributed by atoms with Crippen molar-refractivity contribution >= 4 is 6.02 Å². The highest BCUT2D eigenvalue weighted by molar-refractivity contribution is 5.73. The van der Waals surface area contributed by atoms with E-state index in [4.69, 9.17) is 10.5 Å². The highest BCUT2D eigenvalue weighted by Crippen LogP contribution is 2.38. The fourth-order valence-corrected chi connectivity index (χ4v) is 2.54.